The second kappa shape index (κ2) is 9.55. The van der Waals surface area contributed by atoms with E-state index in [1.165, 1.54) is 24.8 Å². The lowest BCUT2D eigenvalue weighted by molar-refractivity contribution is -0.123. The van der Waals surface area contributed by atoms with Crippen LogP contribution in [0.2, 0.25) is 0 Å². The summed E-state index contributed by atoms with van der Waals surface area (Å²) in [4.78, 5) is 24.5. The molecular formula is C23H37N3O2. The van der Waals surface area contributed by atoms with Gasteiger partial charge < -0.3 is 16.0 Å². The molecule has 0 spiro atoms. The Morgan fingerprint density at radius 2 is 1.57 bits per heavy atom. The van der Waals surface area contributed by atoms with Gasteiger partial charge in [0, 0.05) is 11.7 Å². The molecule has 0 aliphatic heterocycles. The fourth-order valence-electron chi connectivity index (χ4n) is 4.44. The highest BCUT2D eigenvalue weighted by Crippen LogP contribution is 2.37. The van der Waals surface area contributed by atoms with E-state index in [0.717, 1.165) is 23.2 Å². The molecule has 1 fully saturated rings. The minimum atomic E-state index is -0.200. The van der Waals surface area contributed by atoms with Crippen molar-refractivity contribution < 1.29 is 9.59 Å². The summed E-state index contributed by atoms with van der Waals surface area (Å²) in [5.41, 5.74) is 4.30. The molecule has 2 atom stereocenters. The van der Waals surface area contributed by atoms with Crippen molar-refractivity contribution >= 4 is 17.5 Å². The van der Waals surface area contributed by atoms with Gasteiger partial charge in [0.1, 0.15) is 0 Å². The molecule has 0 aromatic heterocycles. The lowest BCUT2D eigenvalue weighted by Gasteiger charge is -2.40. The van der Waals surface area contributed by atoms with Gasteiger partial charge in [0.15, 0.2) is 0 Å². The van der Waals surface area contributed by atoms with Crippen LogP contribution in [0.15, 0.2) is 12.1 Å². The van der Waals surface area contributed by atoms with Crippen molar-refractivity contribution in [1.82, 2.24) is 10.6 Å². The van der Waals surface area contributed by atoms with Crippen molar-refractivity contribution in [2.45, 2.75) is 73.3 Å². The van der Waals surface area contributed by atoms with Gasteiger partial charge in [0.2, 0.25) is 11.8 Å². The molecule has 1 aromatic carbocycles. The second-order valence-electron chi connectivity index (χ2n) is 9.34. The van der Waals surface area contributed by atoms with Gasteiger partial charge in [0.05, 0.1) is 13.1 Å². The largest absolute Gasteiger partial charge is 0.346 e. The fourth-order valence-corrected chi connectivity index (χ4v) is 4.44. The zero-order valence-electron chi connectivity index (χ0n) is 18.4. The fraction of sp³-hybridized carbons (Fsp3) is 0.652. The van der Waals surface area contributed by atoms with Gasteiger partial charge in [-0.25, -0.2) is 0 Å². The molecule has 2 amide bonds. The average Bonchev–Trinajstić information content (AvgIpc) is 2.60. The third kappa shape index (κ3) is 6.33. The summed E-state index contributed by atoms with van der Waals surface area (Å²) in [5, 5.41) is 9.08. The van der Waals surface area contributed by atoms with E-state index < -0.39 is 0 Å². The van der Waals surface area contributed by atoms with Gasteiger partial charge in [0.25, 0.3) is 0 Å². The number of hydrogen-bond acceptors (Lipinski definition) is 3. The molecule has 156 valence electrons. The maximum atomic E-state index is 12.2. The van der Waals surface area contributed by atoms with Gasteiger partial charge in [-0.2, -0.15) is 0 Å². The first-order chi connectivity index (χ1) is 13.1. The Morgan fingerprint density at radius 1 is 0.964 bits per heavy atom. The Morgan fingerprint density at radius 3 is 2.18 bits per heavy atom. The molecule has 28 heavy (non-hydrogen) atoms. The van der Waals surface area contributed by atoms with Crippen molar-refractivity contribution in [3.05, 3.63) is 28.8 Å². The molecule has 0 saturated heterocycles. The highest BCUT2D eigenvalue weighted by atomic mass is 16.2. The summed E-state index contributed by atoms with van der Waals surface area (Å²) in [6.07, 6.45) is 4.80. The Labute approximate surface area is 170 Å². The summed E-state index contributed by atoms with van der Waals surface area (Å²) < 4.78 is 0. The Bertz CT molecular complexity index is 683. The van der Waals surface area contributed by atoms with Crippen LogP contribution in [-0.4, -0.2) is 30.9 Å². The normalized spacial score (nSPS) is 19.9. The van der Waals surface area contributed by atoms with Gasteiger partial charge >= 0.3 is 0 Å². The number of rotatable bonds is 6. The molecule has 3 N–H and O–H groups in total. The van der Waals surface area contributed by atoms with Crippen molar-refractivity contribution in [3.63, 3.8) is 0 Å². The van der Waals surface area contributed by atoms with Crippen LogP contribution in [0.5, 0.6) is 0 Å². The van der Waals surface area contributed by atoms with E-state index in [4.69, 9.17) is 0 Å². The zero-order chi connectivity index (χ0) is 20.9. The van der Waals surface area contributed by atoms with Crippen LogP contribution < -0.4 is 16.0 Å². The van der Waals surface area contributed by atoms with Gasteiger partial charge in [-0.1, -0.05) is 51.3 Å². The molecule has 1 aliphatic carbocycles. The summed E-state index contributed by atoms with van der Waals surface area (Å²) in [6, 6.07) is 4.45. The minimum absolute atomic E-state index is 0.0133. The second-order valence-corrected chi connectivity index (χ2v) is 9.34. The Hall–Kier alpha value is -1.88. The number of benzene rings is 1. The number of amides is 2. The molecule has 0 heterocycles. The highest BCUT2D eigenvalue weighted by molar-refractivity contribution is 5.96. The van der Waals surface area contributed by atoms with Gasteiger partial charge in [-0.3, -0.25) is 9.59 Å². The summed E-state index contributed by atoms with van der Waals surface area (Å²) in [7, 11) is 0. The van der Waals surface area contributed by atoms with E-state index in [-0.39, 0.29) is 30.3 Å². The van der Waals surface area contributed by atoms with E-state index in [9.17, 15) is 9.59 Å². The minimum Gasteiger partial charge on any atom is -0.346 e. The molecule has 1 aliphatic rings. The number of aryl methyl sites for hydroxylation is 3. The van der Waals surface area contributed by atoms with Crippen molar-refractivity contribution in [3.8, 4) is 0 Å². The van der Waals surface area contributed by atoms with Crippen LogP contribution in [0.25, 0.3) is 0 Å². The number of anilines is 1. The number of hydrogen-bond donors (Lipinski definition) is 3. The van der Waals surface area contributed by atoms with Crippen LogP contribution in [0.1, 0.15) is 63.1 Å². The smallest absolute Gasteiger partial charge is 0.243 e. The van der Waals surface area contributed by atoms with Crippen LogP contribution in [0, 0.1) is 32.1 Å². The predicted molar refractivity (Wildman–Crippen MR) is 115 cm³/mol. The quantitative estimate of drug-likeness (QED) is 0.694. The lowest BCUT2D eigenvalue weighted by Crippen LogP contribution is -2.48. The lowest BCUT2D eigenvalue weighted by atomic mass is 9.69. The number of carbonyl (C=O) groups is 2. The predicted octanol–water partition coefficient (Wildman–Crippen LogP) is 3.86. The van der Waals surface area contributed by atoms with Crippen molar-refractivity contribution in [1.29, 1.82) is 0 Å². The first-order valence-electron chi connectivity index (χ1n) is 10.5. The standard InChI is InChI=1S/C23H37N3O2/c1-15-11-16(2)22(17(3)12-15)26-21(28)14-25-20(27)13-24-19-10-8-7-9-18(19)23(4,5)6/h11-12,18-19,24H,7-10,13-14H2,1-6H3,(H,25,27)(H,26,28). The van der Waals surface area contributed by atoms with E-state index in [1.807, 2.05) is 32.9 Å². The topological polar surface area (TPSA) is 70.2 Å². The van der Waals surface area contributed by atoms with Crippen LogP contribution in [0.4, 0.5) is 5.69 Å². The molecule has 5 nitrogen and oxygen atoms in total. The van der Waals surface area contributed by atoms with Crippen molar-refractivity contribution in [2.24, 2.45) is 11.3 Å². The highest BCUT2D eigenvalue weighted by Gasteiger charge is 2.33. The third-order valence-electron chi connectivity index (χ3n) is 5.79. The van der Waals surface area contributed by atoms with E-state index >= 15 is 0 Å². The average molecular weight is 388 g/mol. The Balaban J connectivity index is 1.80. The van der Waals surface area contributed by atoms with E-state index in [0.29, 0.717) is 12.0 Å². The van der Waals surface area contributed by atoms with Crippen LogP contribution >= 0.6 is 0 Å². The van der Waals surface area contributed by atoms with Gasteiger partial charge in [-0.05, 0) is 56.1 Å². The molecule has 2 rings (SSSR count). The SMILES string of the molecule is Cc1cc(C)c(NC(=O)CNC(=O)CNC2CCCCC2C(C)(C)C)c(C)c1. The van der Waals surface area contributed by atoms with E-state index in [2.05, 4.69) is 36.7 Å². The molecule has 2 unspecified atom stereocenters. The van der Waals surface area contributed by atoms with Crippen LogP contribution in [-0.2, 0) is 9.59 Å². The third-order valence-corrected chi connectivity index (χ3v) is 5.79. The summed E-state index contributed by atoms with van der Waals surface area (Å²) >= 11 is 0. The summed E-state index contributed by atoms with van der Waals surface area (Å²) in [5.74, 6) is 0.240. The molecular weight excluding hydrogens is 350 g/mol. The van der Waals surface area contributed by atoms with E-state index in [1.54, 1.807) is 0 Å². The number of carbonyl (C=O) groups excluding carboxylic acids is 2. The molecule has 0 bridgehead atoms. The Kier molecular flexibility index (Phi) is 7.64. The van der Waals surface area contributed by atoms with Crippen molar-refractivity contribution in [2.75, 3.05) is 18.4 Å². The zero-order valence-corrected chi connectivity index (χ0v) is 18.4. The molecule has 0 radical (unpaired) electrons. The molecule has 1 aromatic rings. The van der Waals surface area contributed by atoms with Crippen LogP contribution in [0.3, 0.4) is 0 Å². The first kappa shape index (κ1) is 22.4. The van der Waals surface area contributed by atoms with Gasteiger partial charge in [-0.15, -0.1) is 0 Å². The summed E-state index contributed by atoms with van der Waals surface area (Å²) in [6.45, 7) is 13.1. The maximum absolute atomic E-state index is 12.2. The molecule has 1 saturated carbocycles. The monoisotopic (exact) mass is 387 g/mol. The molecule has 5 heteroatoms. The maximum Gasteiger partial charge on any atom is 0.243 e. The first-order valence-corrected chi connectivity index (χ1v) is 10.5. The number of nitrogens with one attached hydrogen (secondary N) is 3.